The lowest BCUT2D eigenvalue weighted by Gasteiger charge is -2.34. The average molecular weight is 347 g/mol. The number of aliphatic hydroxyl groups is 1. The first-order valence-electron chi connectivity index (χ1n) is 7.78. The molecule has 0 unspecified atom stereocenters. The van der Waals surface area contributed by atoms with Gasteiger partial charge in [0.25, 0.3) is 0 Å². The second-order valence-electron chi connectivity index (χ2n) is 5.79. The number of rotatable bonds is 4. The molecule has 2 amide bonds. The summed E-state index contributed by atoms with van der Waals surface area (Å²) in [5.41, 5.74) is 0.533. The Bertz CT molecular complexity index is 720. The molecule has 1 heterocycles. The van der Waals surface area contributed by atoms with Gasteiger partial charge in [-0.2, -0.15) is 0 Å². The van der Waals surface area contributed by atoms with E-state index in [9.17, 15) is 9.90 Å². The van der Waals surface area contributed by atoms with Crippen LogP contribution in [-0.2, 0) is 12.1 Å². The van der Waals surface area contributed by atoms with E-state index in [1.54, 1.807) is 12.1 Å². The summed E-state index contributed by atoms with van der Waals surface area (Å²) in [6.07, 6.45) is 0.432. The van der Waals surface area contributed by atoms with Crippen LogP contribution in [0.25, 0.3) is 0 Å². The molecule has 0 radical (unpaired) electrons. The Morgan fingerprint density at radius 2 is 1.92 bits per heavy atom. The molecule has 126 valence electrons. The number of halogens is 1. The number of carbonyl (C=O) groups excluding carboxylic acids is 1. The van der Waals surface area contributed by atoms with Crippen LogP contribution in [0.1, 0.15) is 17.5 Å². The summed E-state index contributed by atoms with van der Waals surface area (Å²) in [5, 5.41) is 17.0. The Hall–Kier alpha value is -2.24. The van der Waals surface area contributed by atoms with E-state index in [0.29, 0.717) is 35.9 Å². The zero-order chi connectivity index (χ0) is 17.0. The maximum Gasteiger partial charge on any atom is 0.315 e. The maximum atomic E-state index is 12.0. The van der Waals surface area contributed by atoms with Gasteiger partial charge >= 0.3 is 6.03 Å². The van der Waals surface area contributed by atoms with E-state index in [4.69, 9.17) is 16.3 Å². The van der Waals surface area contributed by atoms with Crippen molar-refractivity contribution in [1.29, 1.82) is 0 Å². The van der Waals surface area contributed by atoms with Crippen molar-refractivity contribution in [2.45, 2.75) is 18.6 Å². The molecule has 0 aromatic heterocycles. The smallest absolute Gasteiger partial charge is 0.315 e. The lowest BCUT2D eigenvalue weighted by molar-refractivity contribution is 0.0000631. The molecule has 1 aliphatic heterocycles. The highest BCUT2D eigenvalue weighted by Crippen LogP contribution is 2.36. The molecular formula is C18H19ClN2O3. The quantitative estimate of drug-likeness (QED) is 0.797. The normalized spacial score (nSPS) is 19.1. The predicted octanol–water partition coefficient (Wildman–Crippen LogP) is 2.81. The molecule has 0 bridgehead atoms. The fraction of sp³-hybridized carbons (Fsp3) is 0.278. The Kier molecular flexibility index (Phi) is 4.92. The van der Waals surface area contributed by atoms with Crippen LogP contribution in [0.2, 0.25) is 5.02 Å². The van der Waals surface area contributed by atoms with E-state index in [1.165, 1.54) is 0 Å². The van der Waals surface area contributed by atoms with Gasteiger partial charge in [0, 0.05) is 23.6 Å². The second kappa shape index (κ2) is 7.11. The highest BCUT2D eigenvalue weighted by molar-refractivity contribution is 6.30. The Morgan fingerprint density at radius 3 is 2.71 bits per heavy atom. The van der Waals surface area contributed by atoms with Crippen molar-refractivity contribution >= 4 is 17.6 Å². The van der Waals surface area contributed by atoms with Crippen molar-refractivity contribution in [3.63, 3.8) is 0 Å². The summed E-state index contributed by atoms with van der Waals surface area (Å²) in [4.78, 5) is 12.0. The largest absolute Gasteiger partial charge is 0.493 e. The van der Waals surface area contributed by atoms with Crippen molar-refractivity contribution in [2.75, 3.05) is 13.2 Å². The van der Waals surface area contributed by atoms with Crippen molar-refractivity contribution in [1.82, 2.24) is 10.6 Å². The summed E-state index contributed by atoms with van der Waals surface area (Å²) in [7, 11) is 0. The summed E-state index contributed by atoms with van der Waals surface area (Å²) in [6, 6.07) is 14.3. The molecule has 6 heteroatoms. The Labute approximate surface area is 145 Å². The third-order valence-electron chi connectivity index (χ3n) is 4.07. The number of urea groups is 1. The zero-order valence-electron chi connectivity index (χ0n) is 13.1. The fourth-order valence-electron chi connectivity index (χ4n) is 2.70. The van der Waals surface area contributed by atoms with Gasteiger partial charge in [0.2, 0.25) is 0 Å². The minimum absolute atomic E-state index is 0.125. The lowest BCUT2D eigenvalue weighted by atomic mass is 9.88. The van der Waals surface area contributed by atoms with Crippen LogP contribution in [0.15, 0.2) is 48.5 Å². The topological polar surface area (TPSA) is 70.6 Å². The Balaban J connectivity index is 1.55. The molecule has 0 fully saturated rings. The highest BCUT2D eigenvalue weighted by atomic mass is 35.5. The van der Waals surface area contributed by atoms with Crippen molar-refractivity contribution in [3.8, 4) is 5.75 Å². The summed E-state index contributed by atoms with van der Waals surface area (Å²) in [5.74, 6) is 0.662. The molecular weight excluding hydrogens is 328 g/mol. The molecule has 0 spiro atoms. The number of carbonyl (C=O) groups is 1. The van der Waals surface area contributed by atoms with Gasteiger partial charge in [0.05, 0.1) is 13.2 Å². The van der Waals surface area contributed by atoms with Crippen molar-refractivity contribution in [2.24, 2.45) is 0 Å². The van der Waals surface area contributed by atoms with Gasteiger partial charge in [-0.1, -0.05) is 41.9 Å². The number of fused-ring (bicyclic) bond motifs is 1. The van der Waals surface area contributed by atoms with Crippen LogP contribution in [0.3, 0.4) is 0 Å². The maximum absolute atomic E-state index is 12.0. The number of nitrogens with one attached hydrogen (secondary N) is 2. The van der Waals surface area contributed by atoms with E-state index >= 15 is 0 Å². The van der Waals surface area contributed by atoms with E-state index < -0.39 is 5.60 Å². The standard InChI is InChI=1S/C18H19ClN2O3/c19-14-7-5-13(6-8-14)11-20-17(22)21-12-18(23)9-10-24-16-4-2-1-3-15(16)18/h1-8,23H,9-12H2,(H2,20,21,22)/t18-/m0/s1. The number of hydrogen-bond acceptors (Lipinski definition) is 3. The summed E-state index contributed by atoms with van der Waals surface area (Å²) < 4.78 is 5.54. The SMILES string of the molecule is O=C(NCc1ccc(Cl)cc1)NC[C@@]1(O)CCOc2ccccc21. The predicted molar refractivity (Wildman–Crippen MR) is 92.1 cm³/mol. The van der Waals surface area contributed by atoms with Crippen molar-refractivity contribution < 1.29 is 14.6 Å². The number of para-hydroxylation sites is 1. The van der Waals surface area contributed by atoms with Crippen LogP contribution in [0.5, 0.6) is 5.75 Å². The number of hydrogen-bond donors (Lipinski definition) is 3. The lowest BCUT2D eigenvalue weighted by Crippen LogP contribution is -2.46. The third-order valence-corrected chi connectivity index (χ3v) is 4.32. The van der Waals surface area contributed by atoms with Crippen LogP contribution in [0, 0.1) is 0 Å². The number of amides is 2. The van der Waals surface area contributed by atoms with Gasteiger partial charge in [-0.3, -0.25) is 0 Å². The van der Waals surface area contributed by atoms with Gasteiger partial charge in [-0.25, -0.2) is 4.79 Å². The molecule has 2 aromatic rings. The van der Waals surface area contributed by atoms with Crippen LogP contribution in [0.4, 0.5) is 4.79 Å². The molecule has 0 saturated carbocycles. The van der Waals surface area contributed by atoms with E-state index in [2.05, 4.69) is 10.6 Å². The molecule has 24 heavy (non-hydrogen) atoms. The first kappa shape index (κ1) is 16.6. The number of ether oxygens (including phenoxy) is 1. The summed E-state index contributed by atoms with van der Waals surface area (Å²) in [6.45, 7) is 0.933. The van der Waals surface area contributed by atoms with Gasteiger partial charge < -0.3 is 20.5 Å². The zero-order valence-corrected chi connectivity index (χ0v) is 13.8. The van der Waals surface area contributed by atoms with Crippen LogP contribution in [-0.4, -0.2) is 24.3 Å². The van der Waals surface area contributed by atoms with E-state index in [1.807, 2.05) is 36.4 Å². The molecule has 3 N–H and O–H groups in total. The average Bonchev–Trinajstić information content (AvgIpc) is 2.60. The minimum Gasteiger partial charge on any atom is -0.493 e. The molecule has 3 rings (SSSR count). The number of benzene rings is 2. The summed E-state index contributed by atoms with van der Waals surface area (Å²) >= 11 is 5.83. The van der Waals surface area contributed by atoms with Crippen LogP contribution >= 0.6 is 11.6 Å². The Morgan fingerprint density at radius 1 is 1.17 bits per heavy atom. The molecule has 0 aliphatic carbocycles. The third kappa shape index (κ3) is 3.80. The molecule has 0 saturated heterocycles. The first-order chi connectivity index (χ1) is 11.6. The molecule has 1 aliphatic rings. The monoisotopic (exact) mass is 346 g/mol. The fourth-order valence-corrected chi connectivity index (χ4v) is 2.82. The van der Waals surface area contributed by atoms with Gasteiger partial charge in [0.1, 0.15) is 11.4 Å². The first-order valence-corrected chi connectivity index (χ1v) is 8.15. The van der Waals surface area contributed by atoms with Gasteiger partial charge in [-0.15, -0.1) is 0 Å². The molecule has 5 nitrogen and oxygen atoms in total. The minimum atomic E-state index is -1.12. The highest BCUT2D eigenvalue weighted by Gasteiger charge is 2.35. The van der Waals surface area contributed by atoms with Gasteiger partial charge in [0.15, 0.2) is 0 Å². The van der Waals surface area contributed by atoms with E-state index in [-0.39, 0.29) is 12.6 Å². The van der Waals surface area contributed by atoms with Crippen molar-refractivity contribution in [3.05, 3.63) is 64.7 Å². The van der Waals surface area contributed by atoms with Crippen LogP contribution < -0.4 is 15.4 Å². The molecule has 1 atom stereocenters. The second-order valence-corrected chi connectivity index (χ2v) is 6.23. The van der Waals surface area contributed by atoms with E-state index in [0.717, 1.165) is 5.56 Å². The van der Waals surface area contributed by atoms with Gasteiger partial charge in [-0.05, 0) is 23.8 Å². The molecule has 2 aromatic carbocycles.